The van der Waals surface area contributed by atoms with E-state index in [9.17, 15) is 17.6 Å². The molecule has 0 bridgehead atoms. The minimum Gasteiger partial charge on any atom is -0.330 e. The molecule has 0 aliphatic heterocycles. The van der Waals surface area contributed by atoms with Crippen LogP contribution in [0.15, 0.2) is 0 Å². The Bertz CT molecular complexity index is 161. The summed E-state index contributed by atoms with van der Waals surface area (Å²) >= 11 is 0. The van der Waals surface area contributed by atoms with Gasteiger partial charge in [0.25, 0.3) is 5.92 Å². The van der Waals surface area contributed by atoms with Gasteiger partial charge in [-0.15, -0.1) is 0 Å². The average molecular weight is 185 g/mol. The second kappa shape index (κ2) is 2.87. The van der Waals surface area contributed by atoms with Crippen molar-refractivity contribution in [3.63, 3.8) is 0 Å². The predicted octanol–water partition coefficient (Wildman–Crippen LogP) is 2.02. The lowest BCUT2D eigenvalue weighted by Crippen LogP contribution is -2.46. The molecule has 0 aromatic carbocycles. The summed E-state index contributed by atoms with van der Waals surface area (Å²) < 4.78 is 50.0. The minimum atomic E-state index is -3.00. The van der Waals surface area contributed by atoms with Gasteiger partial charge in [-0.3, -0.25) is 0 Å². The van der Waals surface area contributed by atoms with Gasteiger partial charge < -0.3 is 5.73 Å². The second-order valence-electron chi connectivity index (χ2n) is 3.26. The number of hydrogen-bond acceptors (Lipinski definition) is 1. The first-order chi connectivity index (χ1) is 5.37. The van der Waals surface area contributed by atoms with E-state index in [0.717, 1.165) is 0 Å². The van der Waals surface area contributed by atoms with E-state index in [2.05, 4.69) is 0 Å². The maximum absolute atomic E-state index is 12.8. The molecule has 0 heterocycles. The van der Waals surface area contributed by atoms with Crippen molar-refractivity contribution < 1.29 is 17.6 Å². The van der Waals surface area contributed by atoms with Gasteiger partial charge >= 0.3 is 0 Å². The summed E-state index contributed by atoms with van der Waals surface area (Å²) in [6.45, 7) is -0.158. The SMILES string of the molecule is NCCC(F)(F)C1CC(F)(F)C1. The van der Waals surface area contributed by atoms with Crippen molar-refractivity contribution in [2.75, 3.05) is 6.54 Å². The third-order valence-electron chi connectivity index (χ3n) is 2.17. The molecule has 1 aliphatic carbocycles. The number of halogens is 4. The molecule has 72 valence electrons. The summed E-state index contributed by atoms with van der Waals surface area (Å²) in [5.74, 6) is -7.05. The van der Waals surface area contributed by atoms with E-state index in [4.69, 9.17) is 5.73 Å². The Labute approximate surface area is 67.9 Å². The third kappa shape index (κ3) is 1.88. The quantitative estimate of drug-likeness (QED) is 0.669. The van der Waals surface area contributed by atoms with Crippen LogP contribution in [0.3, 0.4) is 0 Å². The fraction of sp³-hybridized carbons (Fsp3) is 1.00. The fourth-order valence-corrected chi connectivity index (χ4v) is 1.36. The summed E-state index contributed by atoms with van der Waals surface area (Å²) in [5, 5.41) is 0. The number of alkyl halides is 4. The monoisotopic (exact) mass is 185 g/mol. The molecule has 12 heavy (non-hydrogen) atoms. The topological polar surface area (TPSA) is 26.0 Å². The van der Waals surface area contributed by atoms with E-state index in [1.54, 1.807) is 0 Å². The standard InChI is InChI=1S/C7H11F4N/c8-6(9)3-5(4-6)7(10,11)1-2-12/h5H,1-4,12H2. The van der Waals surface area contributed by atoms with Gasteiger partial charge in [0.15, 0.2) is 0 Å². The Morgan fingerprint density at radius 1 is 1.33 bits per heavy atom. The van der Waals surface area contributed by atoms with Gasteiger partial charge in [-0.1, -0.05) is 0 Å². The highest BCUT2D eigenvalue weighted by Crippen LogP contribution is 2.50. The van der Waals surface area contributed by atoms with Gasteiger partial charge in [0, 0.05) is 25.2 Å². The van der Waals surface area contributed by atoms with Gasteiger partial charge in [-0.2, -0.15) is 0 Å². The maximum atomic E-state index is 12.8. The van der Waals surface area contributed by atoms with Crippen LogP contribution in [0.1, 0.15) is 19.3 Å². The Kier molecular flexibility index (Phi) is 2.33. The van der Waals surface area contributed by atoms with E-state index < -0.39 is 37.0 Å². The summed E-state index contributed by atoms with van der Waals surface area (Å²) in [7, 11) is 0. The zero-order valence-corrected chi connectivity index (χ0v) is 6.49. The lowest BCUT2D eigenvalue weighted by molar-refractivity contribution is -0.194. The molecule has 1 aliphatic rings. The van der Waals surface area contributed by atoms with Crippen molar-refractivity contribution in [3.05, 3.63) is 0 Å². The van der Waals surface area contributed by atoms with Gasteiger partial charge in [0.2, 0.25) is 5.92 Å². The molecule has 0 atom stereocenters. The van der Waals surface area contributed by atoms with E-state index in [0.29, 0.717) is 0 Å². The molecule has 1 saturated carbocycles. The number of hydrogen-bond donors (Lipinski definition) is 1. The van der Waals surface area contributed by atoms with Crippen LogP contribution in [-0.2, 0) is 0 Å². The average Bonchev–Trinajstić information content (AvgIpc) is 1.82. The molecule has 5 heteroatoms. The van der Waals surface area contributed by atoms with Gasteiger partial charge in [-0.25, -0.2) is 17.6 Å². The Morgan fingerprint density at radius 3 is 2.17 bits per heavy atom. The van der Waals surface area contributed by atoms with E-state index >= 15 is 0 Å². The molecule has 1 nitrogen and oxygen atoms in total. The maximum Gasteiger partial charge on any atom is 0.252 e. The van der Waals surface area contributed by atoms with E-state index in [-0.39, 0.29) is 6.54 Å². The van der Waals surface area contributed by atoms with Crippen molar-refractivity contribution in [2.45, 2.75) is 31.1 Å². The van der Waals surface area contributed by atoms with E-state index in [1.165, 1.54) is 0 Å². The van der Waals surface area contributed by atoms with Crippen molar-refractivity contribution in [1.82, 2.24) is 0 Å². The summed E-state index contributed by atoms with van der Waals surface area (Å²) in [6.07, 6.45) is -1.88. The van der Waals surface area contributed by atoms with Crippen LogP contribution in [0.4, 0.5) is 17.6 Å². The Balaban J connectivity index is 2.40. The van der Waals surface area contributed by atoms with Crippen LogP contribution in [-0.4, -0.2) is 18.4 Å². The normalized spacial score (nSPS) is 23.8. The van der Waals surface area contributed by atoms with Crippen LogP contribution in [0.25, 0.3) is 0 Å². The van der Waals surface area contributed by atoms with Crippen molar-refractivity contribution in [1.29, 1.82) is 0 Å². The third-order valence-corrected chi connectivity index (χ3v) is 2.17. The first-order valence-corrected chi connectivity index (χ1v) is 3.83. The van der Waals surface area contributed by atoms with Crippen molar-refractivity contribution in [2.24, 2.45) is 11.7 Å². The Hall–Kier alpha value is -0.320. The highest BCUT2D eigenvalue weighted by molar-refractivity contribution is 4.94. The zero-order valence-electron chi connectivity index (χ0n) is 6.49. The highest BCUT2D eigenvalue weighted by Gasteiger charge is 2.55. The molecule has 0 aromatic rings. The lowest BCUT2D eigenvalue weighted by Gasteiger charge is -2.39. The smallest absolute Gasteiger partial charge is 0.252 e. The molecule has 1 rings (SSSR count). The molecular formula is C7H11F4N. The molecule has 0 aromatic heterocycles. The van der Waals surface area contributed by atoms with Gasteiger partial charge in [-0.05, 0) is 6.54 Å². The molecular weight excluding hydrogens is 174 g/mol. The van der Waals surface area contributed by atoms with Crippen LogP contribution in [0.5, 0.6) is 0 Å². The predicted molar refractivity (Wildman–Crippen MR) is 36.3 cm³/mol. The molecule has 1 fully saturated rings. The van der Waals surface area contributed by atoms with Crippen LogP contribution >= 0.6 is 0 Å². The van der Waals surface area contributed by atoms with Crippen molar-refractivity contribution in [3.8, 4) is 0 Å². The summed E-state index contributed by atoms with van der Waals surface area (Å²) in [6, 6.07) is 0. The molecule has 0 saturated heterocycles. The molecule has 0 unspecified atom stereocenters. The first kappa shape index (κ1) is 9.77. The van der Waals surface area contributed by atoms with Gasteiger partial charge in [0.1, 0.15) is 0 Å². The minimum absolute atomic E-state index is 0.158. The van der Waals surface area contributed by atoms with Gasteiger partial charge in [0.05, 0.1) is 0 Å². The van der Waals surface area contributed by atoms with Crippen LogP contribution < -0.4 is 5.73 Å². The molecule has 2 N–H and O–H groups in total. The first-order valence-electron chi connectivity index (χ1n) is 3.83. The summed E-state index contributed by atoms with van der Waals surface area (Å²) in [5.41, 5.74) is 4.93. The fourth-order valence-electron chi connectivity index (χ4n) is 1.36. The molecule has 0 spiro atoms. The molecule has 0 amide bonds. The number of nitrogens with two attached hydrogens (primary N) is 1. The Morgan fingerprint density at radius 2 is 1.83 bits per heavy atom. The van der Waals surface area contributed by atoms with Crippen LogP contribution in [0.2, 0.25) is 0 Å². The number of rotatable bonds is 3. The van der Waals surface area contributed by atoms with E-state index in [1.807, 2.05) is 0 Å². The largest absolute Gasteiger partial charge is 0.330 e. The highest BCUT2D eigenvalue weighted by atomic mass is 19.3. The molecule has 0 radical (unpaired) electrons. The second-order valence-corrected chi connectivity index (χ2v) is 3.26. The zero-order chi connectivity index (χ0) is 9.41. The summed E-state index contributed by atoms with van der Waals surface area (Å²) in [4.78, 5) is 0. The van der Waals surface area contributed by atoms with Crippen LogP contribution in [0, 0.1) is 5.92 Å². The van der Waals surface area contributed by atoms with Crippen molar-refractivity contribution >= 4 is 0 Å². The lowest BCUT2D eigenvalue weighted by atomic mass is 9.76.